The first kappa shape index (κ1) is 15.5. The van der Waals surface area contributed by atoms with Crippen LogP contribution in [-0.4, -0.2) is 44.2 Å². The summed E-state index contributed by atoms with van der Waals surface area (Å²) in [6.45, 7) is 7.71. The number of quaternary nitrogens is 2. The molecule has 1 aliphatic carbocycles. The number of thiophene rings is 1. The molecule has 2 aliphatic rings. The zero-order valence-corrected chi connectivity index (χ0v) is 14.9. The number of hydrogen-bond donors (Lipinski definition) is 3. The molecule has 0 spiro atoms. The van der Waals surface area contributed by atoms with Gasteiger partial charge in [-0.2, -0.15) is 0 Å². The van der Waals surface area contributed by atoms with Gasteiger partial charge in [0.2, 0.25) is 0 Å². The molecule has 3 rings (SSSR count). The Hall–Kier alpha value is -0.430. The van der Waals surface area contributed by atoms with Crippen LogP contribution in [0.4, 0.5) is 0 Å². The lowest BCUT2D eigenvalue weighted by atomic mass is 10.2. The molecule has 1 aliphatic heterocycles. The molecule has 0 bridgehead atoms. The normalized spacial score (nSPS) is 27.3. The number of nitrogens with one attached hydrogen (secondary N) is 3. The minimum absolute atomic E-state index is 0.100. The molecule has 4 nitrogen and oxygen atoms in total. The maximum Gasteiger partial charge on any atom is 0.278 e. The molecule has 1 amide bonds. The highest BCUT2D eigenvalue weighted by molar-refractivity contribution is 9.11. The van der Waals surface area contributed by atoms with Gasteiger partial charge in [0.05, 0.1) is 8.66 Å². The molecule has 21 heavy (non-hydrogen) atoms. The second-order valence-corrected chi connectivity index (χ2v) is 8.84. The van der Waals surface area contributed by atoms with Crippen LogP contribution in [0.25, 0.3) is 0 Å². The minimum atomic E-state index is 0.100. The largest absolute Gasteiger partial charge is 0.348 e. The van der Waals surface area contributed by atoms with Crippen LogP contribution >= 0.6 is 27.3 Å². The number of piperazine rings is 1. The zero-order chi connectivity index (χ0) is 14.8. The second kappa shape index (κ2) is 6.77. The third kappa shape index (κ3) is 4.28. The van der Waals surface area contributed by atoms with Crippen molar-refractivity contribution in [2.24, 2.45) is 0 Å². The van der Waals surface area contributed by atoms with Crippen molar-refractivity contribution in [3.63, 3.8) is 0 Å². The molecule has 2 heterocycles. The highest BCUT2D eigenvalue weighted by Crippen LogP contribution is 2.21. The summed E-state index contributed by atoms with van der Waals surface area (Å²) in [7, 11) is 0. The number of hydrogen-bond acceptors (Lipinski definition) is 2. The Morgan fingerprint density at radius 1 is 1.38 bits per heavy atom. The van der Waals surface area contributed by atoms with E-state index in [1.165, 1.54) is 26.4 Å². The van der Waals surface area contributed by atoms with Crippen molar-refractivity contribution in [1.82, 2.24) is 5.32 Å². The van der Waals surface area contributed by atoms with Crippen LogP contribution in [0.5, 0.6) is 0 Å². The number of amides is 1. The van der Waals surface area contributed by atoms with E-state index in [1.807, 2.05) is 11.3 Å². The molecule has 1 saturated heterocycles. The van der Waals surface area contributed by atoms with Crippen molar-refractivity contribution >= 4 is 33.2 Å². The fourth-order valence-corrected chi connectivity index (χ4v) is 4.52. The number of rotatable bonds is 5. The van der Waals surface area contributed by atoms with Gasteiger partial charge in [0.15, 0.2) is 6.04 Å². The van der Waals surface area contributed by atoms with E-state index in [4.69, 9.17) is 0 Å². The molecule has 1 aromatic rings. The Kier molecular flexibility index (Phi) is 4.99. The molecule has 2 fully saturated rings. The topological polar surface area (TPSA) is 38.0 Å². The lowest BCUT2D eigenvalue weighted by Crippen LogP contribution is -3.29. The van der Waals surface area contributed by atoms with E-state index >= 15 is 0 Å². The van der Waals surface area contributed by atoms with Crippen LogP contribution in [0.3, 0.4) is 0 Å². The Labute approximate surface area is 138 Å². The third-order valence-electron chi connectivity index (χ3n) is 4.58. The van der Waals surface area contributed by atoms with Crippen molar-refractivity contribution < 1.29 is 14.6 Å². The SMILES string of the molecule is C[C@H](C(=O)NC1CC1)[NH+]1CC[NH+](Cc2ccc(Br)s2)CC1. The van der Waals surface area contributed by atoms with E-state index in [0.29, 0.717) is 6.04 Å². The highest BCUT2D eigenvalue weighted by Gasteiger charge is 2.33. The fraction of sp³-hybridized carbons (Fsp3) is 0.667. The smallest absolute Gasteiger partial charge is 0.278 e. The van der Waals surface area contributed by atoms with E-state index in [9.17, 15) is 4.79 Å². The molecule has 0 aromatic carbocycles. The van der Waals surface area contributed by atoms with E-state index in [2.05, 4.69) is 40.3 Å². The molecular formula is C15H24BrN3OS+2. The predicted octanol–water partition coefficient (Wildman–Crippen LogP) is -0.539. The summed E-state index contributed by atoms with van der Waals surface area (Å²) in [5, 5.41) is 3.13. The second-order valence-electron chi connectivity index (χ2n) is 6.30. The summed E-state index contributed by atoms with van der Waals surface area (Å²) in [5.74, 6) is 0.248. The molecule has 1 aromatic heterocycles. The van der Waals surface area contributed by atoms with Gasteiger partial charge >= 0.3 is 0 Å². The molecule has 0 radical (unpaired) electrons. The Balaban J connectivity index is 1.44. The van der Waals surface area contributed by atoms with E-state index in [1.54, 1.807) is 4.90 Å². The first-order valence-corrected chi connectivity index (χ1v) is 9.45. The van der Waals surface area contributed by atoms with Crippen molar-refractivity contribution in [2.45, 2.75) is 38.4 Å². The predicted molar refractivity (Wildman–Crippen MR) is 87.7 cm³/mol. The molecule has 0 unspecified atom stereocenters. The monoisotopic (exact) mass is 373 g/mol. The number of carbonyl (C=O) groups is 1. The van der Waals surface area contributed by atoms with E-state index in [0.717, 1.165) is 32.7 Å². The van der Waals surface area contributed by atoms with E-state index in [-0.39, 0.29) is 11.9 Å². The van der Waals surface area contributed by atoms with Gasteiger partial charge in [0, 0.05) is 6.04 Å². The van der Waals surface area contributed by atoms with Crippen LogP contribution in [-0.2, 0) is 11.3 Å². The maximum atomic E-state index is 12.1. The van der Waals surface area contributed by atoms with Crippen LogP contribution in [0.15, 0.2) is 15.9 Å². The quantitative estimate of drug-likeness (QED) is 0.637. The summed E-state index contributed by atoms with van der Waals surface area (Å²) in [5.41, 5.74) is 0. The fourth-order valence-electron chi connectivity index (χ4n) is 2.97. The van der Waals surface area contributed by atoms with Gasteiger partial charge in [0.1, 0.15) is 32.7 Å². The summed E-state index contributed by atoms with van der Waals surface area (Å²) < 4.78 is 1.21. The van der Waals surface area contributed by atoms with Crippen molar-refractivity contribution in [3.8, 4) is 0 Å². The summed E-state index contributed by atoms with van der Waals surface area (Å²) in [6.07, 6.45) is 2.34. The lowest BCUT2D eigenvalue weighted by molar-refractivity contribution is -1.02. The van der Waals surface area contributed by atoms with Crippen molar-refractivity contribution in [2.75, 3.05) is 26.2 Å². The minimum Gasteiger partial charge on any atom is -0.348 e. The summed E-state index contributed by atoms with van der Waals surface area (Å²) >= 11 is 5.36. The Morgan fingerprint density at radius 2 is 2.10 bits per heavy atom. The van der Waals surface area contributed by atoms with Crippen molar-refractivity contribution in [1.29, 1.82) is 0 Å². The van der Waals surface area contributed by atoms with Gasteiger partial charge < -0.3 is 15.1 Å². The number of carbonyl (C=O) groups excluding carboxylic acids is 1. The lowest BCUT2D eigenvalue weighted by Gasteiger charge is -2.32. The van der Waals surface area contributed by atoms with Crippen molar-refractivity contribution in [3.05, 3.63) is 20.8 Å². The molecule has 1 saturated carbocycles. The molecule has 6 heteroatoms. The molecular weight excluding hydrogens is 350 g/mol. The van der Waals surface area contributed by atoms with Gasteiger partial charge in [0.25, 0.3) is 5.91 Å². The van der Waals surface area contributed by atoms with E-state index < -0.39 is 0 Å². The van der Waals surface area contributed by atoms with Gasteiger partial charge in [-0.1, -0.05) is 0 Å². The van der Waals surface area contributed by atoms with Crippen LogP contribution in [0.2, 0.25) is 0 Å². The average molecular weight is 374 g/mol. The summed E-state index contributed by atoms with van der Waals surface area (Å²) in [4.78, 5) is 16.7. The van der Waals surface area contributed by atoms with Crippen LogP contribution in [0, 0.1) is 0 Å². The van der Waals surface area contributed by atoms with Gasteiger partial charge in [-0.3, -0.25) is 4.79 Å². The zero-order valence-electron chi connectivity index (χ0n) is 12.5. The Bertz CT molecular complexity index is 495. The van der Waals surface area contributed by atoms with Gasteiger partial charge in [-0.05, 0) is 47.8 Å². The van der Waals surface area contributed by atoms with Gasteiger partial charge in [-0.15, -0.1) is 11.3 Å². The number of halogens is 1. The maximum absolute atomic E-state index is 12.1. The molecule has 116 valence electrons. The first-order chi connectivity index (χ1) is 10.1. The average Bonchev–Trinajstić information content (AvgIpc) is 3.20. The third-order valence-corrected chi connectivity index (χ3v) is 6.21. The standard InChI is InChI=1S/C15H22BrN3OS/c1-11(15(20)17-12-2-3-12)19-8-6-18(7-9-19)10-13-4-5-14(16)21-13/h4-5,11-12H,2-3,6-10H2,1H3,(H,17,20)/p+2/t11-/m1/s1. The highest BCUT2D eigenvalue weighted by atomic mass is 79.9. The molecule has 3 N–H and O–H groups in total. The van der Waals surface area contributed by atoms with Gasteiger partial charge in [-0.25, -0.2) is 0 Å². The first-order valence-electron chi connectivity index (χ1n) is 7.84. The van der Waals surface area contributed by atoms with Crippen LogP contribution in [0.1, 0.15) is 24.6 Å². The van der Waals surface area contributed by atoms with Crippen LogP contribution < -0.4 is 15.1 Å². The Morgan fingerprint density at radius 3 is 2.67 bits per heavy atom. The summed E-state index contributed by atoms with van der Waals surface area (Å²) in [6, 6.07) is 4.92. The molecule has 1 atom stereocenters.